The van der Waals surface area contributed by atoms with Gasteiger partial charge in [0.15, 0.2) is 0 Å². The molecule has 1 aliphatic carbocycles. The number of carbonyl (C=O) groups is 2. The van der Waals surface area contributed by atoms with Crippen molar-refractivity contribution in [2.75, 3.05) is 0 Å². The van der Waals surface area contributed by atoms with Gasteiger partial charge in [0.2, 0.25) is 0 Å². The van der Waals surface area contributed by atoms with Crippen molar-refractivity contribution in [1.29, 1.82) is 0 Å². The molecule has 0 aromatic heterocycles. The highest BCUT2D eigenvalue weighted by Gasteiger charge is 2.32. The molecule has 1 aliphatic rings. The highest BCUT2D eigenvalue weighted by Crippen LogP contribution is 2.33. The van der Waals surface area contributed by atoms with E-state index in [4.69, 9.17) is 5.11 Å². The molecule has 4 heteroatoms. The predicted molar refractivity (Wildman–Crippen MR) is 100 cm³/mol. The van der Waals surface area contributed by atoms with E-state index in [1.54, 1.807) is 0 Å². The van der Waals surface area contributed by atoms with Crippen LogP contribution in [0.1, 0.15) is 71.6 Å². The summed E-state index contributed by atoms with van der Waals surface area (Å²) in [5.41, 5.74) is 0. The Bertz CT molecular complexity index is 467. The van der Waals surface area contributed by atoms with Crippen LogP contribution in [0.4, 0.5) is 0 Å². The van der Waals surface area contributed by atoms with Gasteiger partial charge in [-0.25, -0.2) is 0 Å². The number of aliphatic hydroxyl groups excluding tert-OH is 1. The second kappa shape index (κ2) is 12.0. The number of hydrogen-bond acceptors (Lipinski definition) is 3. The minimum atomic E-state index is -0.767. The van der Waals surface area contributed by atoms with Gasteiger partial charge in [-0.3, -0.25) is 9.59 Å². The van der Waals surface area contributed by atoms with Crippen molar-refractivity contribution < 1.29 is 19.8 Å². The molecule has 1 rings (SSSR count). The number of unbranched alkanes of at least 4 members (excludes halogenated alkanes) is 2. The number of ketones is 1. The number of carbonyl (C=O) groups excluding carboxylic acids is 1. The molecule has 0 aromatic rings. The number of rotatable bonds is 12. The minimum Gasteiger partial charge on any atom is -0.481 e. The lowest BCUT2D eigenvalue weighted by Crippen LogP contribution is -2.16. The van der Waals surface area contributed by atoms with Crippen molar-refractivity contribution in [2.45, 2.75) is 77.7 Å². The number of Topliss-reactive ketones (excluding diaryl/α,β-unsaturated/α-hetero) is 1. The molecular weight excluding hydrogens is 316 g/mol. The molecule has 1 fully saturated rings. The summed E-state index contributed by atoms with van der Waals surface area (Å²) in [7, 11) is 0. The van der Waals surface area contributed by atoms with Crippen LogP contribution >= 0.6 is 0 Å². The third kappa shape index (κ3) is 8.48. The van der Waals surface area contributed by atoms with Crippen LogP contribution < -0.4 is 0 Å². The van der Waals surface area contributed by atoms with Crippen molar-refractivity contribution >= 4 is 11.8 Å². The van der Waals surface area contributed by atoms with Crippen LogP contribution in [0, 0.1) is 17.8 Å². The van der Waals surface area contributed by atoms with Gasteiger partial charge in [0.1, 0.15) is 5.78 Å². The maximum absolute atomic E-state index is 12.1. The van der Waals surface area contributed by atoms with Crippen molar-refractivity contribution in [3.8, 4) is 0 Å². The van der Waals surface area contributed by atoms with Crippen LogP contribution in [0.3, 0.4) is 0 Å². The van der Waals surface area contributed by atoms with Crippen molar-refractivity contribution in [3.63, 3.8) is 0 Å². The van der Waals surface area contributed by atoms with Crippen molar-refractivity contribution in [1.82, 2.24) is 0 Å². The summed E-state index contributed by atoms with van der Waals surface area (Å²) in [5.74, 6) is 0.00449. The second-order valence-electron chi connectivity index (χ2n) is 7.26. The largest absolute Gasteiger partial charge is 0.481 e. The average Bonchev–Trinajstić information content (AvgIpc) is 2.93. The Morgan fingerprint density at radius 1 is 1.32 bits per heavy atom. The molecule has 2 N–H and O–H groups in total. The molecule has 0 saturated heterocycles. The van der Waals surface area contributed by atoms with E-state index in [0.29, 0.717) is 25.0 Å². The molecule has 0 amide bonds. The summed E-state index contributed by atoms with van der Waals surface area (Å²) < 4.78 is 0. The first-order valence-electron chi connectivity index (χ1n) is 9.71. The first-order valence-corrected chi connectivity index (χ1v) is 9.71. The van der Waals surface area contributed by atoms with Gasteiger partial charge in [-0.2, -0.15) is 0 Å². The normalized spacial score (nSPS) is 23.6. The number of aliphatic hydroxyl groups is 1. The van der Waals surface area contributed by atoms with Crippen LogP contribution in [0.2, 0.25) is 0 Å². The number of allylic oxidation sites excluding steroid dienone is 3. The summed E-state index contributed by atoms with van der Waals surface area (Å²) in [6, 6.07) is 0. The maximum atomic E-state index is 12.1. The molecule has 0 spiro atoms. The molecular formula is C21H34O4. The Morgan fingerprint density at radius 3 is 2.76 bits per heavy atom. The zero-order chi connectivity index (χ0) is 18.7. The Hall–Kier alpha value is -1.42. The highest BCUT2D eigenvalue weighted by molar-refractivity contribution is 5.83. The number of hydrogen-bond donors (Lipinski definition) is 2. The van der Waals surface area contributed by atoms with E-state index < -0.39 is 12.1 Å². The molecule has 1 saturated carbocycles. The van der Waals surface area contributed by atoms with Gasteiger partial charge in [0, 0.05) is 18.8 Å². The lowest BCUT2D eigenvalue weighted by molar-refractivity contribution is -0.137. The van der Waals surface area contributed by atoms with Gasteiger partial charge in [-0.15, -0.1) is 0 Å². The molecule has 0 bridgehead atoms. The predicted octanol–water partition coefficient (Wildman–Crippen LogP) is 4.53. The second-order valence-corrected chi connectivity index (χ2v) is 7.26. The molecule has 0 heterocycles. The molecule has 142 valence electrons. The van der Waals surface area contributed by atoms with Crippen molar-refractivity contribution in [2.24, 2.45) is 17.8 Å². The summed E-state index contributed by atoms with van der Waals surface area (Å²) in [6.07, 6.45) is 14.5. The van der Waals surface area contributed by atoms with Gasteiger partial charge < -0.3 is 10.2 Å². The summed E-state index contributed by atoms with van der Waals surface area (Å²) in [6.45, 7) is 4.22. The van der Waals surface area contributed by atoms with Gasteiger partial charge in [-0.05, 0) is 43.9 Å². The summed E-state index contributed by atoms with van der Waals surface area (Å²) in [4.78, 5) is 22.6. The Balaban J connectivity index is 2.44. The Kier molecular flexibility index (Phi) is 10.4. The monoisotopic (exact) mass is 350 g/mol. The standard InChI is InChI=1S/C21H34O4/c1-3-4-9-16(2)19(22)14-12-17-13-15-20(23)18(17)10-7-5-6-8-11-21(24)25/h5,7,12,14,16-19,22H,3-4,6,8-11,13,15H2,1-2H3,(H,24,25)/t16?,17-,18+,19-/m0/s1. The third-order valence-corrected chi connectivity index (χ3v) is 5.12. The van der Waals surface area contributed by atoms with Crippen LogP contribution in [0.5, 0.6) is 0 Å². The van der Waals surface area contributed by atoms with Gasteiger partial charge in [0.05, 0.1) is 6.10 Å². The molecule has 4 nitrogen and oxygen atoms in total. The number of carboxylic acid groups (broad SMARTS) is 1. The Morgan fingerprint density at radius 2 is 2.08 bits per heavy atom. The van der Waals surface area contributed by atoms with E-state index in [2.05, 4.69) is 13.8 Å². The van der Waals surface area contributed by atoms with Gasteiger partial charge in [-0.1, -0.05) is 51.0 Å². The SMILES string of the molecule is CCCCC(C)[C@@H](O)C=C[C@H]1CCC(=O)[C@@H]1CC=CCCCC(=O)O. The smallest absolute Gasteiger partial charge is 0.303 e. The molecule has 0 radical (unpaired) electrons. The molecule has 0 aromatic carbocycles. The van der Waals surface area contributed by atoms with Crippen molar-refractivity contribution in [3.05, 3.63) is 24.3 Å². The van der Waals surface area contributed by atoms with Gasteiger partial charge in [0.25, 0.3) is 0 Å². The summed E-state index contributed by atoms with van der Waals surface area (Å²) >= 11 is 0. The van der Waals surface area contributed by atoms with E-state index in [-0.39, 0.29) is 24.2 Å². The van der Waals surface area contributed by atoms with E-state index >= 15 is 0 Å². The summed E-state index contributed by atoms with van der Waals surface area (Å²) in [5, 5.41) is 18.8. The Labute approximate surface area is 152 Å². The van der Waals surface area contributed by atoms with Crippen LogP contribution in [-0.2, 0) is 9.59 Å². The van der Waals surface area contributed by atoms with E-state index in [1.807, 2.05) is 24.3 Å². The first kappa shape index (κ1) is 21.6. The van der Waals surface area contributed by atoms with Gasteiger partial charge >= 0.3 is 5.97 Å². The van der Waals surface area contributed by atoms with E-state index in [0.717, 1.165) is 32.1 Å². The fourth-order valence-corrected chi connectivity index (χ4v) is 3.35. The fraction of sp³-hybridized carbons (Fsp3) is 0.714. The quantitative estimate of drug-likeness (QED) is 0.401. The fourth-order valence-electron chi connectivity index (χ4n) is 3.35. The van der Waals surface area contributed by atoms with E-state index in [1.165, 1.54) is 0 Å². The maximum Gasteiger partial charge on any atom is 0.303 e. The minimum absolute atomic E-state index is 0.00474. The van der Waals surface area contributed by atoms with E-state index in [9.17, 15) is 14.7 Å². The lowest BCUT2D eigenvalue weighted by Gasteiger charge is -2.17. The molecule has 25 heavy (non-hydrogen) atoms. The van der Waals surface area contributed by atoms with Crippen LogP contribution in [0.25, 0.3) is 0 Å². The molecule has 1 unspecified atom stereocenters. The number of aliphatic carboxylic acids is 1. The molecule has 0 aliphatic heterocycles. The zero-order valence-corrected chi connectivity index (χ0v) is 15.7. The third-order valence-electron chi connectivity index (χ3n) is 5.12. The average molecular weight is 350 g/mol. The first-order chi connectivity index (χ1) is 12.0. The zero-order valence-electron chi connectivity index (χ0n) is 15.7. The van der Waals surface area contributed by atoms with Crippen LogP contribution in [-0.4, -0.2) is 28.1 Å². The highest BCUT2D eigenvalue weighted by atomic mass is 16.4. The molecule has 4 atom stereocenters. The topological polar surface area (TPSA) is 74.6 Å². The lowest BCUT2D eigenvalue weighted by atomic mass is 9.90. The number of carboxylic acids is 1. The van der Waals surface area contributed by atoms with Crippen LogP contribution in [0.15, 0.2) is 24.3 Å².